The second kappa shape index (κ2) is 6.16. The highest BCUT2D eigenvalue weighted by molar-refractivity contribution is 6.31. The van der Waals surface area contributed by atoms with Crippen LogP contribution in [0.2, 0.25) is 5.02 Å². The van der Waals surface area contributed by atoms with E-state index >= 15 is 0 Å². The van der Waals surface area contributed by atoms with Crippen LogP contribution in [0, 0.1) is 6.92 Å². The largest absolute Gasteiger partial charge is 0.507 e. The summed E-state index contributed by atoms with van der Waals surface area (Å²) in [7, 11) is 0. The number of aliphatic hydroxyl groups excluding tert-OH is 1. The van der Waals surface area contributed by atoms with Gasteiger partial charge in [-0.1, -0.05) is 17.7 Å². The SMILES string of the molecule is Cc1ccc(NC(=O)c2cc(Cl)ccc2O)cc1C(C)O. The van der Waals surface area contributed by atoms with Crippen molar-refractivity contribution in [2.45, 2.75) is 20.0 Å². The predicted molar refractivity (Wildman–Crippen MR) is 82.9 cm³/mol. The maximum atomic E-state index is 12.2. The standard InChI is InChI=1S/C16H16ClNO3/c1-9-3-5-12(8-13(9)10(2)19)18-16(21)14-7-11(17)4-6-15(14)20/h3-8,10,19-20H,1-2H3,(H,18,21). The molecule has 1 unspecified atom stereocenters. The zero-order valence-electron chi connectivity index (χ0n) is 11.7. The average molecular weight is 306 g/mol. The van der Waals surface area contributed by atoms with E-state index in [1.807, 2.05) is 13.0 Å². The fourth-order valence-electron chi connectivity index (χ4n) is 2.06. The minimum Gasteiger partial charge on any atom is -0.507 e. The van der Waals surface area contributed by atoms with Gasteiger partial charge in [0.1, 0.15) is 5.75 Å². The Kier molecular flexibility index (Phi) is 4.50. The minimum absolute atomic E-state index is 0.0988. The van der Waals surface area contributed by atoms with Crippen molar-refractivity contribution >= 4 is 23.2 Å². The van der Waals surface area contributed by atoms with E-state index in [0.717, 1.165) is 11.1 Å². The minimum atomic E-state index is -0.624. The van der Waals surface area contributed by atoms with Crippen LogP contribution < -0.4 is 5.32 Å². The van der Waals surface area contributed by atoms with Crippen LogP contribution in [0.15, 0.2) is 36.4 Å². The number of benzene rings is 2. The Morgan fingerprint density at radius 2 is 1.95 bits per heavy atom. The molecule has 0 aliphatic carbocycles. The van der Waals surface area contributed by atoms with Crippen molar-refractivity contribution in [3.63, 3.8) is 0 Å². The van der Waals surface area contributed by atoms with Gasteiger partial charge in [-0.05, 0) is 55.3 Å². The van der Waals surface area contributed by atoms with E-state index in [-0.39, 0.29) is 11.3 Å². The molecule has 21 heavy (non-hydrogen) atoms. The Bertz CT molecular complexity index is 683. The molecule has 4 nitrogen and oxygen atoms in total. The molecule has 0 aromatic heterocycles. The van der Waals surface area contributed by atoms with Crippen LogP contribution in [0.1, 0.15) is 34.5 Å². The fraction of sp³-hybridized carbons (Fsp3) is 0.188. The van der Waals surface area contributed by atoms with Gasteiger partial charge in [-0.15, -0.1) is 0 Å². The third-order valence-electron chi connectivity index (χ3n) is 3.19. The van der Waals surface area contributed by atoms with E-state index in [9.17, 15) is 15.0 Å². The zero-order valence-corrected chi connectivity index (χ0v) is 12.5. The monoisotopic (exact) mass is 305 g/mol. The van der Waals surface area contributed by atoms with E-state index in [0.29, 0.717) is 10.7 Å². The summed E-state index contributed by atoms with van der Waals surface area (Å²) in [5.74, 6) is -0.602. The van der Waals surface area contributed by atoms with Gasteiger partial charge in [-0.2, -0.15) is 0 Å². The van der Waals surface area contributed by atoms with Gasteiger partial charge in [0.2, 0.25) is 0 Å². The van der Waals surface area contributed by atoms with Crippen LogP contribution in [0.5, 0.6) is 5.75 Å². The molecule has 1 atom stereocenters. The molecule has 0 spiro atoms. The summed E-state index contributed by atoms with van der Waals surface area (Å²) in [5.41, 5.74) is 2.32. The van der Waals surface area contributed by atoms with Gasteiger partial charge in [0.15, 0.2) is 0 Å². The van der Waals surface area contributed by atoms with Crippen LogP contribution in [0.3, 0.4) is 0 Å². The lowest BCUT2D eigenvalue weighted by molar-refractivity contribution is 0.102. The number of phenolic OH excluding ortho intramolecular Hbond substituents is 1. The second-order valence-corrected chi connectivity index (χ2v) is 5.30. The van der Waals surface area contributed by atoms with E-state index in [4.69, 9.17) is 11.6 Å². The number of anilines is 1. The van der Waals surface area contributed by atoms with Gasteiger partial charge >= 0.3 is 0 Å². The number of amides is 1. The van der Waals surface area contributed by atoms with Crippen LogP contribution in [0.25, 0.3) is 0 Å². The summed E-state index contributed by atoms with van der Waals surface area (Å²) < 4.78 is 0. The summed E-state index contributed by atoms with van der Waals surface area (Å²) in [5, 5.41) is 22.4. The van der Waals surface area contributed by atoms with Gasteiger partial charge in [0.05, 0.1) is 11.7 Å². The van der Waals surface area contributed by atoms with E-state index < -0.39 is 12.0 Å². The van der Waals surface area contributed by atoms with Gasteiger partial charge in [0, 0.05) is 10.7 Å². The molecule has 0 aliphatic heterocycles. The Hall–Kier alpha value is -2.04. The molecular formula is C16H16ClNO3. The lowest BCUT2D eigenvalue weighted by atomic mass is 10.0. The summed E-state index contributed by atoms with van der Waals surface area (Å²) in [4.78, 5) is 12.2. The van der Waals surface area contributed by atoms with Crippen LogP contribution in [0.4, 0.5) is 5.69 Å². The van der Waals surface area contributed by atoms with Crippen molar-refractivity contribution in [2.24, 2.45) is 0 Å². The average Bonchev–Trinajstić information content (AvgIpc) is 2.43. The van der Waals surface area contributed by atoms with Crippen molar-refractivity contribution < 1.29 is 15.0 Å². The number of phenols is 1. The molecule has 2 aromatic carbocycles. The number of carbonyl (C=O) groups is 1. The lowest BCUT2D eigenvalue weighted by Crippen LogP contribution is -2.12. The third kappa shape index (κ3) is 3.54. The molecule has 0 saturated carbocycles. The number of nitrogens with one attached hydrogen (secondary N) is 1. The molecule has 2 aromatic rings. The number of aromatic hydroxyl groups is 1. The first-order chi connectivity index (χ1) is 9.88. The van der Waals surface area contributed by atoms with Crippen LogP contribution in [-0.2, 0) is 0 Å². The maximum Gasteiger partial charge on any atom is 0.259 e. The first kappa shape index (κ1) is 15.4. The smallest absolute Gasteiger partial charge is 0.259 e. The van der Waals surface area contributed by atoms with Gasteiger partial charge < -0.3 is 15.5 Å². The van der Waals surface area contributed by atoms with Crippen molar-refractivity contribution in [3.8, 4) is 5.75 Å². The number of hydrogen-bond donors (Lipinski definition) is 3. The summed E-state index contributed by atoms with van der Waals surface area (Å²) in [6, 6.07) is 9.53. The van der Waals surface area contributed by atoms with Crippen molar-refractivity contribution in [1.29, 1.82) is 0 Å². The molecule has 0 radical (unpaired) electrons. The number of aryl methyl sites for hydroxylation is 1. The van der Waals surface area contributed by atoms with Crippen molar-refractivity contribution in [2.75, 3.05) is 5.32 Å². The predicted octanol–water partition coefficient (Wildman–Crippen LogP) is 3.66. The molecule has 0 saturated heterocycles. The molecule has 0 bridgehead atoms. The first-order valence-electron chi connectivity index (χ1n) is 6.47. The summed E-state index contributed by atoms with van der Waals surface area (Å²) in [6.45, 7) is 3.55. The maximum absolute atomic E-state index is 12.2. The number of rotatable bonds is 3. The number of halogens is 1. The van der Waals surface area contributed by atoms with E-state index in [2.05, 4.69) is 5.32 Å². The Labute approximate surface area is 128 Å². The van der Waals surface area contributed by atoms with Crippen LogP contribution >= 0.6 is 11.6 Å². The highest BCUT2D eigenvalue weighted by atomic mass is 35.5. The molecule has 110 valence electrons. The topological polar surface area (TPSA) is 69.6 Å². The normalized spacial score (nSPS) is 12.0. The molecule has 2 rings (SSSR count). The molecule has 0 aliphatic rings. The molecule has 5 heteroatoms. The summed E-state index contributed by atoms with van der Waals surface area (Å²) in [6.07, 6.45) is -0.624. The quantitative estimate of drug-likeness (QED) is 0.810. The van der Waals surface area contributed by atoms with Crippen molar-refractivity contribution in [3.05, 3.63) is 58.1 Å². The van der Waals surface area contributed by atoms with Crippen LogP contribution in [-0.4, -0.2) is 16.1 Å². The fourth-order valence-corrected chi connectivity index (χ4v) is 2.23. The Morgan fingerprint density at radius 3 is 2.62 bits per heavy atom. The lowest BCUT2D eigenvalue weighted by Gasteiger charge is -2.12. The molecule has 0 heterocycles. The highest BCUT2D eigenvalue weighted by Crippen LogP contribution is 2.25. The Morgan fingerprint density at radius 1 is 1.24 bits per heavy atom. The highest BCUT2D eigenvalue weighted by Gasteiger charge is 2.13. The molecule has 1 amide bonds. The third-order valence-corrected chi connectivity index (χ3v) is 3.43. The van der Waals surface area contributed by atoms with Gasteiger partial charge in [-0.25, -0.2) is 0 Å². The summed E-state index contributed by atoms with van der Waals surface area (Å²) >= 11 is 5.83. The zero-order chi connectivity index (χ0) is 15.6. The number of hydrogen-bond acceptors (Lipinski definition) is 3. The van der Waals surface area contributed by atoms with Gasteiger partial charge in [0.25, 0.3) is 5.91 Å². The molecule has 3 N–H and O–H groups in total. The number of carbonyl (C=O) groups excluding carboxylic acids is 1. The first-order valence-corrected chi connectivity index (χ1v) is 6.84. The number of aliphatic hydroxyl groups is 1. The van der Waals surface area contributed by atoms with Gasteiger partial charge in [-0.3, -0.25) is 4.79 Å². The van der Waals surface area contributed by atoms with E-state index in [1.54, 1.807) is 19.1 Å². The van der Waals surface area contributed by atoms with E-state index in [1.165, 1.54) is 18.2 Å². The Balaban J connectivity index is 2.27. The molecule has 0 fully saturated rings. The van der Waals surface area contributed by atoms with Crippen molar-refractivity contribution in [1.82, 2.24) is 0 Å². The molecular weight excluding hydrogens is 290 g/mol. The second-order valence-electron chi connectivity index (χ2n) is 4.86.